The molecule has 1 fully saturated rings. The third kappa shape index (κ3) is 3.07. The Morgan fingerprint density at radius 2 is 1.92 bits per heavy atom. The number of rotatable bonds is 3. The van der Waals surface area contributed by atoms with Crippen molar-refractivity contribution in [2.75, 3.05) is 20.2 Å². The van der Waals surface area contributed by atoms with Gasteiger partial charge in [-0.3, -0.25) is 4.79 Å². The van der Waals surface area contributed by atoms with Gasteiger partial charge in [-0.15, -0.1) is 0 Å². The summed E-state index contributed by atoms with van der Waals surface area (Å²) in [6, 6.07) is 7.17. The van der Waals surface area contributed by atoms with Crippen LogP contribution in [0.1, 0.15) is 12.8 Å². The quantitative estimate of drug-likeness (QED) is 0.612. The van der Waals surface area contributed by atoms with Crippen LogP contribution in [0.5, 0.6) is 0 Å². The maximum Gasteiger partial charge on any atom is 0.336 e. The highest BCUT2D eigenvalue weighted by Gasteiger charge is 2.32. The molecule has 3 rings (SSSR count). The Balaban J connectivity index is 1.85. The lowest BCUT2D eigenvalue weighted by atomic mass is 9.99. The van der Waals surface area contributed by atoms with Crippen LogP contribution in [0.15, 0.2) is 44.4 Å². The topological polar surface area (TPSA) is 93.9 Å². The molecule has 0 spiro atoms. The average Bonchev–Trinajstić information content (AvgIpc) is 2.60. The molecular formula is C16H17NO6S. The molecule has 8 heteroatoms. The summed E-state index contributed by atoms with van der Waals surface area (Å²) in [6.07, 6.45) is 0.878. The Morgan fingerprint density at radius 1 is 1.21 bits per heavy atom. The van der Waals surface area contributed by atoms with E-state index in [4.69, 9.17) is 9.15 Å². The second kappa shape index (κ2) is 6.37. The lowest BCUT2D eigenvalue weighted by Gasteiger charge is -2.29. The number of piperidine rings is 1. The lowest BCUT2D eigenvalue weighted by Crippen LogP contribution is -2.40. The van der Waals surface area contributed by atoms with E-state index in [1.165, 1.54) is 41.7 Å². The number of sulfonamides is 1. The normalized spacial score (nSPS) is 17.0. The highest BCUT2D eigenvalue weighted by Crippen LogP contribution is 2.26. The van der Waals surface area contributed by atoms with Crippen LogP contribution < -0.4 is 5.63 Å². The molecule has 7 nitrogen and oxygen atoms in total. The molecule has 0 N–H and O–H groups in total. The van der Waals surface area contributed by atoms with Crippen LogP contribution in [0.4, 0.5) is 0 Å². The summed E-state index contributed by atoms with van der Waals surface area (Å²) >= 11 is 0. The molecule has 0 bridgehead atoms. The second-order valence-corrected chi connectivity index (χ2v) is 7.59. The SMILES string of the molecule is COC(=O)C1CCN(S(=O)(=O)c2ccc3oc(=O)ccc3c2)CC1. The molecule has 2 aromatic rings. The first-order valence-electron chi connectivity index (χ1n) is 7.54. The van der Waals surface area contributed by atoms with Crippen molar-refractivity contribution in [2.24, 2.45) is 5.92 Å². The van der Waals surface area contributed by atoms with Crippen LogP contribution >= 0.6 is 0 Å². The molecule has 0 atom stereocenters. The summed E-state index contributed by atoms with van der Waals surface area (Å²) in [5.74, 6) is -0.555. The van der Waals surface area contributed by atoms with E-state index in [1.54, 1.807) is 0 Å². The third-order valence-corrected chi connectivity index (χ3v) is 6.11. The van der Waals surface area contributed by atoms with Crippen molar-refractivity contribution < 1.29 is 22.4 Å². The minimum atomic E-state index is -3.66. The van der Waals surface area contributed by atoms with Gasteiger partial charge in [0.25, 0.3) is 0 Å². The van der Waals surface area contributed by atoms with Gasteiger partial charge in [0.1, 0.15) is 5.58 Å². The number of hydrogen-bond donors (Lipinski definition) is 0. The van der Waals surface area contributed by atoms with Gasteiger partial charge >= 0.3 is 11.6 Å². The zero-order chi connectivity index (χ0) is 17.3. The van der Waals surface area contributed by atoms with E-state index in [0.717, 1.165) is 0 Å². The van der Waals surface area contributed by atoms with E-state index in [9.17, 15) is 18.0 Å². The van der Waals surface area contributed by atoms with Crippen molar-refractivity contribution >= 4 is 27.0 Å². The predicted molar refractivity (Wildman–Crippen MR) is 86.0 cm³/mol. The Kier molecular flexibility index (Phi) is 4.42. The molecule has 1 aromatic carbocycles. The average molecular weight is 351 g/mol. The van der Waals surface area contributed by atoms with E-state index in [-0.39, 0.29) is 29.9 Å². The van der Waals surface area contributed by atoms with E-state index in [1.807, 2.05) is 0 Å². The number of benzene rings is 1. The predicted octanol–water partition coefficient (Wildman–Crippen LogP) is 1.37. The maximum atomic E-state index is 12.8. The highest BCUT2D eigenvalue weighted by molar-refractivity contribution is 7.89. The second-order valence-electron chi connectivity index (χ2n) is 5.66. The van der Waals surface area contributed by atoms with Crippen LogP contribution in [0.2, 0.25) is 0 Å². The van der Waals surface area contributed by atoms with Crippen molar-refractivity contribution in [2.45, 2.75) is 17.7 Å². The van der Waals surface area contributed by atoms with Crippen molar-refractivity contribution in [3.63, 3.8) is 0 Å². The number of nitrogens with zero attached hydrogens (tertiary/aromatic N) is 1. The van der Waals surface area contributed by atoms with Gasteiger partial charge in [0, 0.05) is 24.5 Å². The van der Waals surface area contributed by atoms with Gasteiger partial charge in [-0.25, -0.2) is 13.2 Å². The molecule has 0 aliphatic carbocycles. The van der Waals surface area contributed by atoms with Crippen molar-refractivity contribution in [1.29, 1.82) is 0 Å². The van der Waals surface area contributed by atoms with Gasteiger partial charge in [0.2, 0.25) is 10.0 Å². The van der Waals surface area contributed by atoms with E-state index >= 15 is 0 Å². The summed E-state index contributed by atoms with van der Waals surface area (Å²) in [7, 11) is -2.33. The fourth-order valence-electron chi connectivity index (χ4n) is 2.86. The third-order valence-electron chi connectivity index (χ3n) is 4.22. The Labute approximate surface area is 138 Å². The first kappa shape index (κ1) is 16.7. The standard InChI is InChI=1S/C16H17NO6S/c1-22-16(19)11-6-8-17(9-7-11)24(20,21)13-3-4-14-12(10-13)2-5-15(18)23-14/h2-5,10-11H,6-9H2,1H3. The molecule has 0 amide bonds. The van der Waals surface area contributed by atoms with Crippen LogP contribution in [0, 0.1) is 5.92 Å². The van der Waals surface area contributed by atoms with Crippen molar-refractivity contribution in [1.82, 2.24) is 4.31 Å². The van der Waals surface area contributed by atoms with E-state index in [0.29, 0.717) is 23.8 Å². The Morgan fingerprint density at radius 3 is 2.58 bits per heavy atom. The molecule has 1 aliphatic heterocycles. The van der Waals surface area contributed by atoms with Gasteiger partial charge in [-0.1, -0.05) is 0 Å². The zero-order valence-electron chi connectivity index (χ0n) is 13.1. The molecule has 1 aliphatic rings. The summed E-state index contributed by atoms with van der Waals surface area (Å²) in [6.45, 7) is 0.536. The fourth-order valence-corrected chi connectivity index (χ4v) is 4.36. The number of ether oxygens (including phenoxy) is 1. The van der Waals surface area contributed by atoms with Crippen LogP contribution in [0.25, 0.3) is 11.0 Å². The molecule has 0 unspecified atom stereocenters. The van der Waals surface area contributed by atoms with Crippen LogP contribution in [0.3, 0.4) is 0 Å². The molecular weight excluding hydrogens is 334 g/mol. The molecule has 128 valence electrons. The monoisotopic (exact) mass is 351 g/mol. The van der Waals surface area contributed by atoms with E-state index in [2.05, 4.69) is 0 Å². The largest absolute Gasteiger partial charge is 0.469 e. The van der Waals surface area contributed by atoms with Gasteiger partial charge in [-0.2, -0.15) is 4.31 Å². The van der Waals surface area contributed by atoms with Gasteiger partial charge in [0.15, 0.2) is 0 Å². The number of carbonyl (C=O) groups excluding carboxylic acids is 1. The number of esters is 1. The molecule has 1 saturated heterocycles. The number of fused-ring (bicyclic) bond motifs is 1. The zero-order valence-corrected chi connectivity index (χ0v) is 13.9. The lowest BCUT2D eigenvalue weighted by molar-refractivity contribution is -0.146. The van der Waals surface area contributed by atoms with Crippen LogP contribution in [-0.4, -0.2) is 38.9 Å². The van der Waals surface area contributed by atoms with E-state index < -0.39 is 15.6 Å². The Bertz CT molecular complexity index is 925. The number of hydrogen-bond acceptors (Lipinski definition) is 6. The number of methoxy groups -OCH3 is 1. The highest BCUT2D eigenvalue weighted by atomic mass is 32.2. The summed E-state index contributed by atoms with van der Waals surface area (Å²) in [5.41, 5.74) is -0.145. The Hall–Kier alpha value is -2.19. The van der Waals surface area contributed by atoms with Crippen molar-refractivity contribution in [3.05, 3.63) is 40.8 Å². The smallest absolute Gasteiger partial charge is 0.336 e. The summed E-state index contributed by atoms with van der Waals surface area (Å²) in [4.78, 5) is 22.9. The number of carbonyl (C=O) groups is 1. The molecule has 0 saturated carbocycles. The van der Waals surface area contributed by atoms with Gasteiger partial charge < -0.3 is 9.15 Å². The molecule has 0 radical (unpaired) electrons. The minimum absolute atomic E-state index is 0.139. The molecule has 1 aromatic heterocycles. The molecule has 2 heterocycles. The first-order chi connectivity index (χ1) is 11.4. The van der Waals surface area contributed by atoms with Crippen LogP contribution in [-0.2, 0) is 19.6 Å². The first-order valence-corrected chi connectivity index (χ1v) is 8.98. The summed E-state index contributed by atoms with van der Waals surface area (Å²) in [5, 5.41) is 0.542. The van der Waals surface area contributed by atoms with Crippen molar-refractivity contribution in [3.8, 4) is 0 Å². The molecule has 24 heavy (non-hydrogen) atoms. The summed E-state index contributed by atoms with van der Waals surface area (Å²) < 4.78 is 36.6. The fraction of sp³-hybridized carbons (Fsp3) is 0.375. The minimum Gasteiger partial charge on any atom is -0.469 e. The van der Waals surface area contributed by atoms with Gasteiger partial charge in [0.05, 0.1) is 17.9 Å². The maximum absolute atomic E-state index is 12.8. The van der Waals surface area contributed by atoms with Gasteiger partial charge in [-0.05, 0) is 37.1 Å².